The van der Waals surface area contributed by atoms with Crippen LogP contribution >= 0.6 is 0 Å². The summed E-state index contributed by atoms with van der Waals surface area (Å²) >= 11 is 0. The van der Waals surface area contributed by atoms with Crippen molar-refractivity contribution in [3.8, 4) is 0 Å². The van der Waals surface area contributed by atoms with Crippen molar-refractivity contribution < 1.29 is 9.90 Å². The van der Waals surface area contributed by atoms with E-state index in [0.29, 0.717) is 18.0 Å². The Balaban J connectivity index is 1.81. The Kier molecular flexibility index (Phi) is 4.19. The van der Waals surface area contributed by atoms with Crippen molar-refractivity contribution in [2.24, 2.45) is 0 Å². The number of aromatic nitrogens is 4. The van der Waals surface area contributed by atoms with Gasteiger partial charge in [0.1, 0.15) is 12.1 Å². The van der Waals surface area contributed by atoms with Crippen LogP contribution in [-0.2, 0) is 11.3 Å². The number of nitrogens with zero attached hydrogens (tertiary/aromatic N) is 6. The highest BCUT2D eigenvalue weighted by molar-refractivity contribution is 5.89. The van der Waals surface area contributed by atoms with Gasteiger partial charge in [0.2, 0.25) is 5.91 Å². The molecule has 0 radical (unpaired) electrons. The molecule has 0 spiro atoms. The Bertz CT molecular complexity index is 664. The number of carbonyl (C=O) groups excluding carboxylic acids is 1. The highest BCUT2D eigenvalue weighted by atomic mass is 16.3. The Morgan fingerprint density at radius 2 is 2.14 bits per heavy atom. The van der Waals surface area contributed by atoms with Crippen LogP contribution in [0.3, 0.4) is 0 Å². The summed E-state index contributed by atoms with van der Waals surface area (Å²) in [5.41, 5.74) is 0.666. The molecule has 0 aliphatic carbocycles. The number of carbonyl (C=O) groups is 1. The van der Waals surface area contributed by atoms with E-state index in [0.717, 1.165) is 31.3 Å². The van der Waals surface area contributed by atoms with Crippen molar-refractivity contribution in [3.63, 3.8) is 0 Å². The molecule has 0 atom stereocenters. The quantitative estimate of drug-likeness (QED) is 0.828. The van der Waals surface area contributed by atoms with Crippen molar-refractivity contribution in [3.05, 3.63) is 12.5 Å². The number of anilines is 1. The average Bonchev–Trinajstić information content (AvgIpc) is 3.17. The van der Waals surface area contributed by atoms with E-state index in [1.165, 1.54) is 6.33 Å². The summed E-state index contributed by atoms with van der Waals surface area (Å²) in [6.07, 6.45) is 5.31. The predicted molar refractivity (Wildman–Crippen MR) is 81.5 cm³/mol. The first-order valence-corrected chi connectivity index (χ1v) is 7.47. The van der Waals surface area contributed by atoms with Crippen molar-refractivity contribution in [1.82, 2.24) is 24.6 Å². The lowest BCUT2D eigenvalue weighted by Gasteiger charge is -2.22. The summed E-state index contributed by atoms with van der Waals surface area (Å²) in [6.45, 7) is 2.37. The van der Waals surface area contributed by atoms with Crippen LogP contribution in [0.2, 0.25) is 0 Å². The summed E-state index contributed by atoms with van der Waals surface area (Å²) in [7, 11) is 1.85. The summed E-state index contributed by atoms with van der Waals surface area (Å²) in [5.74, 6) is 0.802. The second-order valence-corrected chi connectivity index (χ2v) is 5.47. The van der Waals surface area contributed by atoms with E-state index in [2.05, 4.69) is 15.1 Å². The van der Waals surface area contributed by atoms with Crippen LogP contribution in [0.5, 0.6) is 0 Å². The molecule has 118 valence electrons. The number of hydrogen-bond donors (Lipinski definition) is 1. The number of likely N-dealkylation sites (N-methyl/N-ethyl adjacent to an activating group) is 1. The molecule has 1 aliphatic heterocycles. The molecular formula is C14H20N6O2. The van der Waals surface area contributed by atoms with E-state index in [4.69, 9.17) is 5.11 Å². The first-order chi connectivity index (χ1) is 10.7. The van der Waals surface area contributed by atoms with Crippen LogP contribution in [0.15, 0.2) is 12.5 Å². The van der Waals surface area contributed by atoms with Crippen LogP contribution in [0.25, 0.3) is 11.0 Å². The van der Waals surface area contributed by atoms with Crippen molar-refractivity contribution in [2.45, 2.75) is 19.4 Å². The number of aliphatic hydroxyl groups is 1. The number of likely N-dealkylation sites (tertiary alicyclic amines) is 1. The van der Waals surface area contributed by atoms with E-state index in [9.17, 15) is 4.79 Å². The fourth-order valence-corrected chi connectivity index (χ4v) is 2.79. The first kappa shape index (κ1) is 14.7. The van der Waals surface area contributed by atoms with E-state index < -0.39 is 0 Å². The average molecular weight is 304 g/mol. The summed E-state index contributed by atoms with van der Waals surface area (Å²) < 4.78 is 1.64. The largest absolute Gasteiger partial charge is 0.394 e. The highest BCUT2D eigenvalue weighted by Crippen LogP contribution is 2.21. The normalized spacial score (nSPS) is 14.7. The third kappa shape index (κ3) is 2.74. The molecule has 0 aromatic carbocycles. The Labute approximate surface area is 128 Å². The Hall–Kier alpha value is -2.22. The second kappa shape index (κ2) is 6.27. The minimum Gasteiger partial charge on any atom is -0.394 e. The van der Waals surface area contributed by atoms with E-state index in [1.54, 1.807) is 10.9 Å². The summed E-state index contributed by atoms with van der Waals surface area (Å²) in [4.78, 5) is 24.5. The molecular weight excluding hydrogens is 284 g/mol. The Morgan fingerprint density at radius 3 is 2.86 bits per heavy atom. The molecule has 1 fully saturated rings. The molecule has 8 heteroatoms. The minimum atomic E-state index is -0.000594. The van der Waals surface area contributed by atoms with Crippen molar-refractivity contribution >= 4 is 22.8 Å². The summed E-state index contributed by atoms with van der Waals surface area (Å²) in [5, 5.41) is 14.1. The fraction of sp³-hybridized carbons (Fsp3) is 0.571. The maximum Gasteiger partial charge on any atom is 0.242 e. The zero-order valence-electron chi connectivity index (χ0n) is 12.6. The van der Waals surface area contributed by atoms with Crippen LogP contribution < -0.4 is 4.90 Å². The van der Waals surface area contributed by atoms with E-state index in [-0.39, 0.29) is 19.1 Å². The third-order valence-electron chi connectivity index (χ3n) is 3.92. The molecule has 2 aromatic rings. The maximum absolute atomic E-state index is 12.3. The van der Waals surface area contributed by atoms with Gasteiger partial charge in [-0.1, -0.05) is 0 Å². The molecule has 1 aliphatic rings. The first-order valence-electron chi connectivity index (χ1n) is 7.47. The maximum atomic E-state index is 12.3. The standard InChI is InChI=1S/C14H20N6O2/c1-18(9-12(22)19-4-2-3-5-19)13-11-8-17-20(6-7-21)14(11)16-10-15-13/h8,10,21H,2-7,9H2,1H3. The lowest BCUT2D eigenvalue weighted by atomic mass is 10.3. The molecule has 22 heavy (non-hydrogen) atoms. The van der Waals surface area contributed by atoms with E-state index >= 15 is 0 Å². The Morgan fingerprint density at radius 1 is 1.36 bits per heavy atom. The monoisotopic (exact) mass is 304 g/mol. The predicted octanol–water partition coefficient (Wildman–Crippen LogP) is -0.123. The van der Waals surface area contributed by atoms with Crippen LogP contribution in [0, 0.1) is 0 Å². The van der Waals surface area contributed by atoms with Gasteiger partial charge in [-0.25, -0.2) is 14.6 Å². The fourth-order valence-electron chi connectivity index (χ4n) is 2.79. The van der Waals surface area contributed by atoms with Gasteiger partial charge in [0.25, 0.3) is 0 Å². The number of aliphatic hydroxyl groups excluding tert-OH is 1. The van der Waals surface area contributed by atoms with Crippen LogP contribution in [0.4, 0.5) is 5.82 Å². The number of amides is 1. The van der Waals surface area contributed by atoms with E-state index in [1.807, 2.05) is 16.8 Å². The smallest absolute Gasteiger partial charge is 0.242 e. The van der Waals surface area contributed by atoms with Crippen LogP contribution in [-0.4, -0.2) is 69.0 Å². The summed E-state index contributed by atoms with van der Waals surface area (Å²) in [6, 6.07) is 0. The lowest BCUT2D eigenvalue weighted by Crippen LogP contribution is -2.37. The topological polar surface area (TPSA) is 87.4 Å². The van der Waals surface area contributed by atoms with Gasteiger partial charge < -0.3 is 14.9 Å². The highest BCUT2D eigenvalue weighted by Gasteiger charge is 2.21. The number of fused-ring (bicyclic) bond motifs is 1. The van der Waals surface area contributed by atoms with Gasteiger partial charge >= 0.3 is 0 Å². The molecule has 0 bridgehead atoms. The lowest BCUT2D eigenvalue weighted by molar-refractivity contribution is -0.128. The third-order valence-corrected chi connectivity index (χ3v) is 3.92. The number of rotatable bonds is 5. The SMILES string of the molecule is CN(CC(=O)N1CCCC1)c1ncnc2c1cnn2CCO. The molecule has 1 amide bonds. The molecule has 2 aromatic heterocycles. The van der Waals surface area contributed by atoms with Crippen molar-refractivity contribution in [1.29, 1.82) is 0 Å². The zero-order valence-corrected chi connectivity index (χ0v) is 12.6. The van der Waals surface area contributed by atoms with Gasteiger partial charge in [-0.3, -0.25) is 4.79 Å². The zero-order chi connectivity index (χ0) is 15.5. The van der Waals surface area contributed by atoms with Gasteiger partial charge in [-0.05, 0) is 12.8 Å². The number of hydrogen-bond acceptors (Lipinski definition) is 6. The molecule has 8 nitrogen and oxygen atoms in total. The molecule has 0 unspecified atom stereocenters. The van der Waals surface area contributed by atoms with Gasteiger partial charge in [-0.2, -0.15) is 5.10 Å². The molecule has 1 N–H and O–H groups in total. The molecule has 3 heterocycles. The van der Waals surface area contributed by atoms with Crippen molar-refractivity contribution in [2.75, 3.05) is 38.2 Å². The second-order valence-electron chi connectivity index (χ2n) is 5.47. The van der Waals surface area contributed by atoms with Gasteiger partial charge in [0.15, 0.2) is 5.65 Å². The minimum absolute atomic E-state index is 0.000594. The molecule has 0 saturated carbocycles. The van der Waals surface area contributed by atoms with Gasteiger partial charge in [-0.15, -0.1) is 0 Å². The van der Waals surface area contributed by atoms with Gasteiger partial charge in [0.05, 0.1) is 31.3 Å². The van der Waals surface area contributed by atoms with Gasteiger partial charge in [0, 0.05) is 20.1 Å². The molecule has 3 rings (SSSR count). The molecule has 1 saturated heterocycles. The van der Waals surface area contributed by atoms with Crippen LogP contribution in [0.1, 0.15) is 12.8 Å².